The van der Waals surface area contributed by atoms with Crippen molar-refractivity contribution >= 4 is 10.8 Å². The van der Waals surface area contributed by atoms with Crippen molar-refractivity contribution in [3.05, 3.63) is 42.7 Å². The summed E-state index contributed by atoms with van der Waals surface area (Å²) in [4.78, 5) is 4.01. The van der Waals surface area contributed by atoms with Crippen LogP contribution in [0.1, 0.15) is 0 Å². The first-order chi connectivity index (χ1) is 4.97. The average Bonchev–Trinajstić information content (AvgIpc) is 2.05. The standard InChI is InChI=1S/C9H7N/c1-2-4-9-7-10-6-5-8(9)3-1/h1-7H/i7+1. The number of pyridine rings is 1. The van der Waals surface area contributed by atoms with Crippen molar-refractivity contribution in [2.45, 2.75) is 0 Å². The van der Waals surface area contributed by atoms with Gasteiger partial charge in [0.1, 0.15) is 0 Å². The van der Waals surface area contributed by atoms with Gasteiger partial charge in [0, 0.05) is 12.4 Å². The molecule has 0 fully saturated rings. The maximum atomic E-state index is 4.01. The molecule has 0 unspecified atom stereocenters. The van der Waals surface area contributed by atoms with Crippen LogP contribution >= 0.6 is 0 Å². The summed E-state index contributed by atoms with van der Waals surface area (Å²) in [6, 6.07) is 10.2. The summed E-state index contributed by atoms with van der Waals surface area (Å²) in [6.45, 7) is 0. The fraction of sp³-hybridized carbons (Fsp3) is 0. The lowest BCUT2D eigenvalue weighted by Gasteiger charge is -1.91. The van der Waals surface area contributed by atoms with Crippen LogP contribution in [-0.2, 0) is 0 Å². The minimum atomic E-state index is 1.20. The highest BCUT2D eigenvalue weighted by atomic mass is 14.8. The molecule has 0 N–H and O–H groups in total. The highest BCUT2D eigenvalue weighted by molar-refractivity contribution is 5.80. The summed E-state index contributed by atoms with van der Waals surface area (Å²) in [7, 11) is 0. The molecule has 0 aliphatic rings. The topological polar surface area (TPSA) is 12.9 Å². The second kappa shape index (κ2) is 2.10. The summed E-state index contributed by atoms with van der Waals surface area (Å²) in [5, 5.41) is 2.45. The van der Waals surface area contributed by atoms with Crippen LogP contribution in [0.25, 0.3) is 10.8 Å². The van der Waals surface area contributed by atoms with E-state index in [1.165, 1.54) is 10.8 Å². The first-order valence-electron chi connectivity index (χ1n) is 3.25. The highest BCUT2D eigenvalue weighted by Crippen LogP contribution is 2.09. The van der Waals surface area contributed by atoms with E-state index in [-0.39, 0.29) is 0 Å². The molecule has 2 rings (SSSR count). The van der Waals surface area contributed by atoms with Gasteiger partial charge in [-0.15, -0.1) is 0 Å². The van der Waals surface area contributed by atoms with Gasteiger partial charge in [-0.25, -0.2) is 0 Å². The Morgan fingerprint density at radius 3 is 2.50 bits per heavy atom. The zero-order valence-electron chi connectivity index (χ0n) is 5.49. The second-order valence-electron chi connectivity index (χ2n) is 2.22. The molecule has 0 atom stereocenters. The molecule has 1 heteroatoms. The van der Waals surface area contributed by atoms with E-state index < -0.39 is 0 Å². The highest BCUT2D eigenvalue weighted by Gasteiger charge is 1.86. The molecule has 0 bridgehead atoms. The molecular weight excluding hydrogens is 123 g/mol. The van der Waals surface area contributed by atoms with Gasteiger partial charge in [-0.05, 0) is 16.8 Å². The first-order valence-corrected chi connectivity index (χ1v) is 3.25. The predicted molar refractivity (Wildman–Crippen MR) is 41.7 cm³/mol. The zero-order valence-corrected chi connectivity index (χ0v) is 5.49. The molecule has 0 spiro atoms. The van der Waals surface area contributed by atoms with Crippen LogP contribution < -0.4 is 0 Å². The third kappa shape index (κ3) is 0.760. The SMILES string of the molecule is c1ccc2[13cH]nccc2c1. The van der Waals surface area contributed by atoms with Crippen molar-refractivity contribution in [1.29, 1.82) is 0 Å². The quantitative estimate of drug-likeness (QED) is 0.533. The Balaban J connectivity index is 2.89. The molecule has 0 saturated carbocycles. The molecule has 1 aromatic heterocycles. The van der Waals surface area contributed by atoms with E-state index in [0.29, 0.717) is 0 Å². The number of fused-ring (bicyclic) bond motifs is 1. The van der Waals surface area contributed by atoms with E-state index >= 15 is 0 Å². The van der Waals surface area contributed by atoms with Crippen LogP contribution in [0.5, 0.6) is 0 Å². The van der Waals surface area contributed by atoms with Crippen molar-refractivity contribution in [1.82, 2.24) is 4.98 Å². The number of nitrogens with zero attached hydrogens (tertiary/aromatic N) is 1. The van der Waals surface area contributed by atoms with E-state index in [1.54, 1.807) is 0 Å². The smallest absolute Gasteiger partial charge is 0.0346 e. The van der Waals surface area contributed by atoms with Crippen LogP contribution in [-0.4, -0.2) is 4.98 Å². The van der Waals surface area contributed by atoms with E-state index in [1.807, 2.05) is 30.6 Å². The van der Waals surface area contributed by atoms with Gasteiger partial charge in [0.05, 0.1) is 0 Å². The molecule has 0 saturated heterocycles. The maximum absolute atomic E-state index is 4.01. The third-order valence-corrected chi connectivity index (χ3v) is 1.55. The van der Waals surface area contributed by atoms with Gasteiger partial charge >= 0.3 is 0 Å². The van der Waals surface area contributed by atoms with Crippen molar-refractivity contribution in [3.8, 4) is 0 Å². The zero-order chi connectivity index (χ0) is 6.81. The monoisotopic (exact) mass is 130 g/mol. The first kappa shape index (κ1) is 5.42. The molecule has 0 amide bonds. The summed E-state index contributed by atoms with van der Waals surface area (Å²) in [6.07, 6.45) is 3.68. The fourth-order valence-corrected chi connectivity index (χ4v) is 1.03. The molecule has 1 heterocycles. The Labute approximate surface area is 59.3 Å². The normalized spacial score (nSPS) is 10.0. The Morgan fingerprint density at radius 2 is 1.70 bits per heavy atom. The van der Waals surface area contributed by atoms with Gasteiger partial charge < -0.3 is 0 Å². The van der Waals surface area contributed by atoms with E-state index in [4.69, 9.17) is 0 Å². The molecule has 0 aliphatic heterocycles. The largest absolute Gasteiger partial charge is 0.264 e. The van der Waals surface area contributed by atoms with Crippen molar-refractivity contribution in [3.63, 3.8) is 0 Å². The molecule has 10 heavy (non-hydrogen) atoms. The number of hydrogen-bond donors (Lipinski definition) is 0. The third-order valence-electron chi connectivity index (χ3n) is 1.55. The van der Waals surface area contributed by atoms with Crippen LogP contribution in [0.2, 0.25) is 0 Å². The van der Waals surface area contributed by atoms with E-state index in [2.05, 4.69) is 17.1 Å². The van der Waals surface area contributed by atoms with Gasteiger partial charge in [0.15, 0.2) is 0 Å². The lowest BCUT2D eigenvalue weighted by atomic mass is 10.2. The predicted octanol–water partition coefficient (Wildman–Crippen LogP) is 2.23. The summed E-state index contributed by atoms with van der Waals surface area (Å²) in [5.74, 6) is 0. The minimum absolute atomic E-state index is 1.20. The molecule has 48 valence electrons. The van der Waals surface area contributed by atoms with Gasteiger partial charge in [0.2, 0.25) is 0 Å². The molecule has 0 aliphatic carbocycles. The molecule has 1 nitrogen and oxygen atoms in total. The van der Waals surface area contributed by atoms with Crippen molar-refractivity contribution < 1.29 is 0 Å². The maximum Gasteiger partial charge on any atom is 0.0346 e. The molecule has 2 aromatic rings. The van der Waals surface area contributed by atoms with Gasteiger partial charge in [0.25, 0.3) is 0 Å². The van der Waals surface area contributed by atoms with Crippen LogP contribution in [0.15, 0.2) is 42.7 Å². The Kier molecular flexibility index (Phi) is 1.14. The number of hydrogen-bond acceptors (Lipinski definition) is 1. The lowest BCUT2D eigenvalue weighted by Crippen LogP contribution is -1.71. The number of rotatable bonds is 0. The Hall–Kier alpha value is -1.37. The molecule has 1 aromatic carbocycles. The van der Waals surface area contributed by atoms with E-state index in [9.17, 15) is 0 Å². The van der Waals surface area contributed by atoms with Crippen LogP contribution in [0.3, 0.4) is 0 Å². The number of aromatic nitrogens is 1. The van der Waals surface area contributed by atoms with Crippen LogP contribution in [0.4, 0.5) is 0 Å². The Bertz CT molecular complexity index is 276. The summed E-state index contributed by atoms with van der Waals surface area (Å²) in [5.41, 5.74) is 0. The minimum Gasteiger partial charge on any atom is -0.264 e. The molecular formula is C9H7N. The summed E-state index contributed by atoms with van der Waals surface area (Å²) >= 11 is 0. The van der Waals surface area contributed by atoms with Gasteiger partial charge in [-0.1, -0.05) is 24.3 Å². The van der Waals surface area contributed by atoms with Crippen molar-refractivity contribution in [2.24, 2.45) is 0 Å². The second-order valence-corrected chi connectivity index (χ2v) is 2.22. The van der Waals surface area contributed by atoms with Gasteiger partial charge in [-0.2, -0.15) is 0 Å². The lowest BCUT2D eigenvalue weighted by molar-refractivity contribution is 1.36. The summed E-state index contributed by atoms with van der Waals surface area (Å²) < 4.78 is 0. The average molecular weight is 130 g/mol. The van der Waals surface area contributed by atoms with Gasteiger partial charge in [-0.3, -0.25) is 4.98 Å². The molecule has 0 radical (unpaired) electrons. The fourth-order valence-electron chi connectivity index (χ4n) is 1.03. The Morgan fingerprint density at radius 1 is 0.900 bits per heavy atom. The van der Waals surface area contributed by atoms with E-state index in [0.717, 1.165) is 0 Å². The van der Waals surface area contributed by atoms with Crippen LogP contribution in [0, 0.1) is 0 Å². The number of benzene rings is 1. The van der Waals surface area contributed by atoms with Crippen molar-refractivity contribution in [2.75, 3.05) is 0 Å².